The van der Waals surface area contributed by atoms with E-state index in [1.54, 1.807) is 13.0 Å². The van der Waals surface area contributed by atoms with Gasteiger partial charge >= 0.3 is 6.18 Å². The Bertz CT molecular complexity index is 1180. The summed E-state index contributed by atoms with van der Waals surface area (Å²) >= 11 is 0. The summed E-state index contributed by atoms with van der Waals surface area (Å²) in [5.74, 6) is -2.61. The highest BCUT2D eigenvalue weighted by molar-refractivity contribution is 5.83. The third-order valence-corrected chi connectivity index (χ3v) is 5.57. The van der Waals surface area contributed by atoms with E-state index in [0.29, 0.717) is 16.7 Å². The number of halogens is 6. The largest absolute Gasteiger partial charge is 0.433 e. The number of rotatable bonds is 8. The van der Waals surface area contributed by atoms with Crippen molar-refractivity contribution < 1.29 is 31.1 Å². The zero-order valence-corrected chi connectivity index (χ0v) is 18.9. The third kappa shape index (κ3) is 6.60. The molecule has 1 heterocycles. The van der Waals surface area contributed by atoms with E-state index in [1.165, 1.54) is 25.2 Å². The number of aryl methyl sites for hydroxylation is 2. The fraction of sp³-hybridized carbons (Fsp3) is 0.280. The second-order valence-electron chi connectivity index (χ2n) is 8.03. The van der Waals surface area contributed by atoms with Gasteiger partial charge in [-0.25, -0.2) is 13.2 Å². The second kappa shape index (κ2) is 10.9. The smallest absolute Gasteiger partial charge is 0.358 e. The van der Waals surface area contributed by atoms with Crippen molar-refractivity contribution in [3.63, 3.8) is 0 Å². The van der Waals surface area contributed by atoms with Crippen molar-refractivity contribution in [3.8, 4) is 0 Å². The van der Waals surface area contributed by atoms with Crippen molar-refractivity contribution in [2.45, 2.75) is 38.0 Å². The zero-order chi connectivity index (χ0) is 25.8. The molecule has 2 atom stereocenters. The summed E-state index contributed by atoms with van der Waals surface area (Å²) in [6, 6.07) is 7.25. The molecule has 0 aliphatic rings. The van der Waals surface area contributed by atoms with E-state index in [2.05, 4.69) is 15.6 Å². The molecule has 1 aromatic heterocycles. The molecule has 0 saturated carbocycles. The van der Waals surface area contributed by atoms with E-state index >= 15 is 0 Å². The van der Waals surface area contributed by atoms with Gasteiger partial charge in [-0.2, -0.15) is 13.2 Å². The van der Waals surface area contributed by atoms with Crippen LogP contribution >= 0.6 is 0 Å². The number of hydrogen-bond donors (Lipinski definition) is 2. The number of hydrogen-bond acceptors (Lipinski definition) is 3. The Morgan fingerprint density at radius 2 is 1.71 bits per heavy atom. The number of carbonyl (C=O) groups excluding carboxylic acids is 1. The fourth-order valence-corrected chi connectivity index (χ4v) is 3.67. The Kier molecular flexibility index (Phi) is 8.16. The second-order valence-corrected chi connectivity index (χ2v) is 8.03. The lowest BCUT2D eigenvalue weighted by molar-refractivity contribution is -0.141. The highest BCUT2D eigenvalue weighted by Crippen LogP contribution is 2.29. The first-order valence-electron chi connectivity index (χ1n) is 10.7. The molecule has 0 fully saturated rings. The fourth-order valence-electron chi connectivity index (χ4n) is 3.67. The van der Waals surface area contributed by atoms with Gasteiger partial charge in [0.15, 0.2) is 0 Å². The lowest BCUT2D eigenvalue weighted by atomic mass is 9.95. The topological polar surface area (TPSA) is 54.0 Å². The van der Waals surface area contributed by atoms with E-state index in [-0.39, 0.29) is 18.4 Å². The van der Waals surface area contributed by atoms with Crippen molar-refractivity contribution in [2.75, 3.05) is 7.05 Å². The number of nitrogens with zero attached hydrogens (tertiary/aromatic N) is 1. The molecule has 0 spiro atoms. The molecule has 2 N–H and O–H groups in total. The van der Waals surface area contributed by atoms with Gasteiger partial charge in [0, 0.05) is 24.8 Å². The average molecular weight is 495 g/mol. The molecule has 3 rings (SSSR count). The normalized spacial score (nSPS) is 13.4. The van der Waals surface area contributed by atoms with E-state index in [9.17, 15) is 31.1 Å². The Morgan fingerprint density at radius 1 is 1.00 bits per heavy atom. The maximum absolute atomic E-state index is 14.5. The molecule has 186 valence electrons. The SMILES string of the molecule is CNC(=O)C(N[C@H](CCc1ccc(C(F)(F)F)nc1)c1ccc(F)c(C)c1)c1cc(F)ccc1F. The lowest BCUT2D eigenvalue weighted by Crippen LogP contribution is -2.38. The summed E-state index contributed by atoms with van der Waals surface area (Å²) in [6.45, 7) is 1.55. The van der Waals surface area contributed by atoms with Crippen LogP contribution in [0.1, 0.15) is 46.5 Å². The molecule has 0 radical (unpaired) electrons. The van der Waals surface area contributed by atoms with Gasteiger partial charge in [-0.1, -0.05) is 18.2 Å². The highest BCUT2D eigenvalue weighted by Gasteiger charge is 2.32. The molecular weight excluding hydrogens is 472 g/mol. The Morgan fingerprint density at radius 3 is 2.31 bits per heavy atom. The highest BCUT2D eigenvalue weighted by atomic mass is 19.4. The van der Waals surface area contributed by atoms with Crippen LogP contribution in [0.25, 0.3) is 0 Å². The summed E-state index contributed by atoms with van der Waals surface area (Å²) < 4.78 is 80.7. The minimum Gasteiger partial charge on any atom is -0.358 e. The molecule has 0 aliphatic carbocycles. The Hall–Kier alpha value is -3.40. The van der Waals surface area contributed by atoms with E-state index in [1.807, 2.05) is 0 Å². The summed E-state index contributed by atoms with van der Waals surface area (Å²) in [7, 11) is 1.35. The predicted molar refractivity (Wildman–Crippen MR) is 118 cm³/mol. The van der Waals surface area contributed by atoms with Crippen LogP contribution in [-0.4, -0.2) is 17.9 Å². The van der Waals surface area contributed by atoms with Crippen molar-refractivity contribution in [3.05, 3.63) is 100 Å². The number of alkyl halides is 3. The molecule has 1 unspecified atom stereocenters. The van der Waals surface area contributed by atoms with Gasteiger partial charge in [0.1, 0.15) is 29.2 Å². The molecular formula is C25H23F6N3O. The number of likely N-dealkylation sites (N-methyl/N-ethyl adjacent to an activating group) is 1. The van der Waals surface area contributed by atoms with Gasteiger partial charge < -0.3 is 5.32 Å². The molecule has 4 nitrogen and oxygen atoms in total. The van der Waals surface area contributed by atoms with Gasteiger partial charge in [-0.05, 0) is 66.8 Å². The van der Waals surface area contributed by atoms with Crippen molar-refractivity contribution >= 4 is 5.91 Å². The van der Waals surface area contributed by atoms with Crippen LogP contribution in [0.5, 0.6) is 0 Å². The van der Waals surface area contributed by atoms with Gasteiger partial charge in [-0.3, -0.25) is 15.1 Å². The van der Waals surface area contributed by atoms with Crippen molar-refractivity contribution in [1.29, 1.82) is 0 Å². The van der Waals surface area contributed by atoms with Gasteiger partial charge in [-0.15, -0.1) is 0 Å². The Labute approximate surface area is 198 Å². The summed E-state index contributed by atoms with van der Waals surface area (Å²) in [4.78, 5) is 16.1. The van der Waals surface area contributed by atoms with Crippen LogP contribution in [0.3, 0.4) is 0 Å². The number of pyridine rings is 1. The average Bonchev–Trinajstić information content (AvgIpc) is 2.82. The summed E-state index contributed by atoms with van der Waals surface area (Å²) in [5, 5.41) is 5.43. The number of carbonyl (C=O) groups is 1. The minimum atomic E-state index is -4.57. The predicted octanol–water partition coefficient (Wildman–Crippen LogP) is 5.58. The first-order chi connectivity index (χ1) is 16.5. The molecule has 10 heteroatoms. The molecule has 0 saturated heterocycles. The van der Waals surface area contributed by atoms with Crippen LogP contribution < -0.4 is 10.6 Å². The van der Waals surface area contributed by atoms with Crippen LogP contribution in [0.4, 0.5) is 26.3 Å². The number of aromatic nitrogens is 1. The third-order valence-electron chi connectivity index (χ3n) is 5.57. The number of amides is 1. The minimum absolute atomic E-state index is 0.218. The monoisotopic (exact) mass is 495 g/mol. The molecule has 2 aromatic carbocycles. The van der Waals surface area contributed by atoms with E-state index in [4.69, 9.17) is 0 Å². The summed E-state index contributed by atoms with van der Waals surface area (Å²) in [6.07, 6.45) is -2.98. The van der Waals surface area contributed by atoms with Crippen LogP contribution in [-0.2, 0) is 17.4 Å². The molecule has 1 amide bonds. The molecule has 35 heavy (non-hydrogen) atoms. The molecule has 0 aliphatic heterocycles. The summed E-state index contributed by atoms with van der Waals surface area (Å²) in [5.41, 5.74) is 0.154. The van der Waals surface area contributed by atoms with E-state index in [0.717, 1.165) is 30.5 Å². The van der Waals surface area contributed by atoms with Crippen LogP contribution in [0.15, 0.2) is 54.7 Å². The van der Waals surface area contributed by atoms with Gasteiger partial charge in [0.2, 0.25) is 5.91 Å². The maximum Gasteiger partial charge on any atom is 0.433 e. The lowest BCUT2D eigenvalue weighted by Gasteiger charge is -2.26. The molecule has 3 aromatic rings. The van der Waals surface area contributed by atoms with Gasteiger partial charge in [0.25, 0.3) is 0 Å². The van der Waals surface area contributed by atoms with Gasteiger partial charge in [0.05, 0.1) is 0 Å². The Balaban J connectivity index is 1.93. The zero-order valence-electron chi connectivity index (χ0n) is 18.9. The van der Waals surface area contributed by atoms with Crippen molar-refractivity contribution in [1.82, 2.24) is 15.6 Å². The number of benzene rings is 2. The molecule has 0 bridgehead atoms. The standard InChI is InChI=1S/C25H23F6N3O/c1-14-11-16(5-7-19(14)27)21(9-3-15-4-10-22(33-13-15)25(29,30)31)34-23(24(35)32-2)18-12-17(26)6-8-20(18)28/h4-8,10-13,21,23,34H,3,9H2,1-2H3,(H,32,35)/t21-,23?/m1/s1. The van der Waals surface area contributed by atoms with E-state index < -0.39 is 47.3 Å². The maximum atomic E-state index is 14.5. The first-order valence-corrected chi connectivity index (χ1v) is 10.7. The number of nitrogens with one attached hydrogen (secondary N) is 2. The van der Waals surface area contributed by atoms with Crippen LogP contribution in [0.2, 0.25) is 0 Å². The first kappa shape index (κ1) is 26.2. The quantitative estimate of drug-likeness (QED) is 0.402. The van der Waals surface area contributed by atoms with Crippen LogP contribution in [0, 0.1) is 24.4 Å². The van der Waals surface area contributed by atoms with Crippen molar-refractivity contribution in [2.24, 2.45) is 0 Å².